The number of aliphatic hydroxyl groups is 1. The topological polar surface area (TPSA) is 53.2 Å². The quantitative estimate of drug-likeness (QED) is 0.864. The molecule has 0 radical (unpaired) electrons. The Morgan fingerprint density at radius 2 is 1.39 bits per heavy atom. The normalized spacial score (nSPS) is 11.8. The molecule has 2 aromatic rings. The first-order chi connectivity index (χ1) is 10.7. The second-order valence-corrected chi connectivity index (χ2v) is 6.74. The Balaban J connectivity index is 2.06. The van der Waals surface area contributed by atoms with Crippen LogP contribution in [0.4, 0.5) is 0 Å². The van der Waals surface area contributed by atoms with Gasteiger partial charge in [-0.05, 0) is 51.0 Å². The van der Waals surface area contributed by atoms with Crippen molar-refractivity contribution in [1.82, 2.24) is 0 Å². The lowest BCUT2D eigenvalue weighted by molar-refractivity contribution is -0.0893. The Morgan fingerprint density at radius 3 is 1.83 bits per heavy atom. The minimum Gasteiger partial charge on any atom is -0.427 e. The minimum atomic E-state index is -0.907. The van der Waals surface area contributed by atoms with Crippen molar-refractivity contribution in [3.63, 3.8) is 0 Å². The minimum absolute atomic E-state index is 0.449. The van der Waals surface area contributed by atoms with Gasteiger partial charge in [0.1, 0.15) is 0 Å². The third-order valence-electron chi connectivity index (χ3n) is 4.37. The first-order valence-electron chi connectivity index (χ1n) is 7.69. The first-order valence-corrected chi connectivity index (χ1v) is 7.69. The molecule has 0 amide bonds. The van der Waals surface area contributed by atoms with Crippen LogP contribution in [-0.2, 0) is 4.65 Å². The lowest BCUT2D eigenvalue weighted by Gasteiger charge is -2.37. The van der Waals surface area contributed by atoms with Crippen LogP contribution >= 0.6 is 0 Å². The van der Waals surface area contributed by atoms with Gasteiger partial charge in [-0.2, -0.15) is 5.26 Å². The maximum Gasteiger partial charge on any atom is 0.309 e. The highest BCUT2D eigenvalue weighted by Crippen LogP contribution is 2.24. The molecule has 0 aliphatic rings. The fraction of sp³-hybridized carbons (Fsp3) is 0.316. The molecule has 1 N–H and O–H groups in total. The third-order valence-corrected chi connectivity index (χ3v) is 4.37. The van der Waals surface area contributed by atoms with E-state index in [0.717, 1.165) is 16.6 Å². The Morgan fingerprint density at radius 1 is 0.913 bits per heavy atom. The van der Waals surface area contributed by atoms with Gasteiger partial charge in [0, 0.05) is 0 Å². The Kier molecular flexibility index (Phi) is 4.94. The molecule has 0 fully saturated rings. The van der Waals surface area contributed by atoms with Gasteiger partial charge in [0.25, 0.3) is 0 Å². The molecule has 0 saturated carbocycles. The molecule has 0 aliphatic carbocycles. The zero-order chi connectivity index (χ0) is 17.1. The average Bonchev–Trinajstić information content (AvgIpc) is 2.52. The lowest BCUT2D eigenvalue weighted by atomic mass is 9.82. The molecule has 0 bridgehead atoms. The zero-order valence-electron chi connectivity index (χ0n) is 14.1. The van der Waals surface area contributed by atoms with Crippen molar-refractivity contribution in [2.45, 2.75) is 38.9 Å². The third kappa shape index (κ3) is 4.22. The van der Waals surface area contributed by atoms with E-state index in [1.807, 2.05) is 62.4 Å². The summed E-state index contributed by atoms with van der Waals surface area (Å²) in [5.41, 5.74) is 2.36. The highest BCUT2D eigenvalue weighted by molar-refractivity contribution is 6.47. The van der Waals surface area contributed by atoms with E-state index in [2.05, 4.69) is 6.07 Å². The summed E-state index contributed by atoms with van der Waals surface area (Å²) in [7, 11) is 0.449. The van der Waals surface area contributed by atoms with Crippen LogP contribution in [0, 0.1) is 11.3 Å². The average molecular weight is 307 g/mol. The zero-order valence-corrected chi connectivity index (χ0v) is 14.1. The molecule has 2 aromatic carbocycles. The van der Waals surface area contributed by atoms with Gasteiger partial charge in [-0.3, -0.25) is 0 Å². The smallest absolute Gasteiger partial charge is 0.309 e. The van der Waals surface area contributed by atoms with Crippen molar-refractivity contribution in [3.8, 4) is 17.2 Å². The van der Waals surface area contributed by atoms with E-state index in [9.17, 15) is 5.11 Å². The summed E-state index contributed by atoms with van der Waals surface area (Å²) in [6.07, 6.45) is 0. The Labute approximate surface area is 138 Å². The number of nitriles is 1. The molecular formula is C19H22BNO2. The summed E-state index contributed by atoms with van der Waals surface area (Å²) in [5.74, 6) is 0. The Hall–Kier alpha value is -2.09. The van der Waals surface area contributed by atoms with Gasteiger partial charge in [0.05, 0.1) is 22.8 Å². The summed E-state index contributed by atoms with van der Waals surface area (Å²) in [6.45, 7) is 7.28. The molecule has 0 heterocycles. The van der Waals surface area contributed by atoms with E-state index < -0.39 is 11.2 Å². The monoisotopic (exact) mass is 307 g/mol. The highest BCUT2D eigenvalue weighted by Gasteiger charge is 2.35. The fourth-order valence-corrected chi connectivity index (χ4v) is 1.97. The maximum atomic E-state index is 10.1. The fourth-order valence-electron chi connectivity index (χ4n) is 1.97. The van der Waals surface area contributed by atoms with Gasteiger partial charge in [0.2, 0.25) is 0 Å². The van der Waals surface area contributed by atoms with Crippen molar-refractivity contribution in [3.05, 3.63) is 54.1 Å². The molecule has 118 valence electrons. The first kappa shape index (κ1) is 17.3. The molecule has 0 saturated heterocycles. The van der Waals surface area contributed by atoms with Crippen LogP contribution in [0.15, 0.2) is 48.5 Å². The number of hydrogen-bond donors (Lipinski definition) is 1. The molecule has 3 nitrogen and oxygen atoms in total. The number of rotatable bonds is 5. The standard InChI is InChI=1S/C19H22BNO2/c1-18(2,22)19(3,4)23-20-17-11-9-16(10-12-17)15-7-5-14(13-21)6-8-15/h5-12,20,22H,1-4H3. The summed E-state index contributed by atoms with van der Waals surface area (Å²) in [6, 6.07) is 17.8. The van der Waals surface area contributed by atoms with Crippen LogP contribution in [0.2, 0.25) is 0 Å². The van der Waals surface area contributed by atoms with E-state index in [4.69, 9.17) is 9.92 Å². The number of benzene rings is 2. The molecule has 0 atom stereocenters. The Bertz CT molecular complexity index is 692. The van der Waals surface area contributed by atoms with E-state index in [-0.39, 0.29) is 0 Å². The second-order valence-electron chi connectivity index (χ2n) is 6.74. The van der Waals surface area contributed by atoms with Crippen LogP contribution in [0.25, 0.3) is 11.1 Å². The van der Waals surface area contributed by atoms with Gasteiger partial charge < -0.3 is 9.76 Å². The van der Waals surface area contributed by atoms with E-state index in [1.54, 1.807) is 13.8 Å². The SMILES string of the molecule is CC(C)(O)C(C)(C)OBc1ccc(-c2ccc(C#N)cc2)cc1. The van der Waals surface area contributed by atoms with Crippen LogP contribution in [0.5, 0.6) is 0 Å². The van der Waals surface area contributed by atoms with Crippen LogP contribution in [-0.4, -0.2) is 23.8 Å². The second kappa shape index (κ2) is 6.58. The predicted molar refractivity (Wildman–Crippen MR) is 94.8 cm³/mol. The summed E-state index contributed by atoms with van der Waals surface area (Å²) < 4.78 is 5.87. The molecule has 0 aliphatic heterocycles. The molecule has 4 heteroatoms. The number of nitrogens with zero attached hydrogens (tertiary/aromatic N) is 1. The van der Waals surface area contributed by atoms with Crippen LogP contribution in [0.3, 0.4) is 0 Å². The van der Waals surface area contributed by atoms with Gasteiger partial charge in [-0.15, -0.1) is 0 Å². The molecule has 0 unspecified atom stereocenters. The number of hydrogen-bond acceptors (Lipinski definition) is 3. The predicted octanol–water partition coefficient (Wildman–Crippen LogP) is 2.77. The lowest BCUT2D eigenvalue weighted by Crippen LogP contribution is -2.49. The molecule has 0 aromatic heterocycles. The van der Waals surface area contributed by atoms with Crippen molar-refractivity contribution in [2.24, 2.45) is 0 Å². The van der Waals surface area contributed by atoms with Crippen molar-refractivity contribution in [1.29, 1.82) is 5.26 Å². The molecule has 0 spiro atoms. The summed E-state index contributed by atoms with van der Waals surface area (Å²) >= 11 is 0. The van der Waals surface area contributed by atoms with Crippen LogP contribution < -0.4 is 5.46 Å². The van der Waals surface area contributed by atoms with Crippen molar-refractivity contribution < 1.29 is 9.76 Å². The molecular weight excluding hydrogens is 285 g/mol. The van der Waals surface area contributed by atoms with Gasteiger partial charge in [-0.1, -0.05) is 41.9 Å². The summed E-state index contributed by atoms with van der Waals surface area (Å²) in [4.78, 5) is 0. The largest absolute Gasteiger partial charge is 0.427 e. The highest BCUT2D eigenvalue weighted by atomic mass is 16.5. The van der Waals surface area contributed by atoms with Gasteiger partial charge in [-0.25, -0.2) is 0 Å². The van der Waals surface area contributed by atoms with E-state index >= 15 is 0 Å². The van der Waals surface area contributed by atoms with Crippen molar-refractivity contribution >= 4 is 12.9 Å². The van der Waals surface area contributed by atoms with Crippen LogP contribution in [0.1, 0.15) is 33.3 Å². The summed E-state index contributed by atoms with van der Waals surface area (Å²) in [5, 5.41) is 18.9. The molecule has 2 rings (SSSR count). The van der Waals surface area contributed by atoms with Crippen molar-refractivity contribution in [2.75, 3.05) is 0 Å². The maximum absolute atomic E-state index is 10.1. The van der Waals surface area contributed by atoms with Gasteiger partial charge in [0.15, 0.2) is 0 Å². The van der Waals surface area contributed by atoms with E-state index in [1.165, 1.54) is 0 Å². The van der Waals surface area contributed by atoms with E-state index in [0.29, 0.717) is 13.0 Å². The molecule has 23 heavy (non-hydrogen) atoms. The van der Waals surface area contributed by atoms with Gasteiger partial charge >= 0.3 is 7.48 Å².